The molecule has 1 aliphatic rings. The van der Waals surface area contributed by atoms with Crippen LogP contribution in [0.5, 0.6) is 0 Å². The van der Waals surface area contributed by atoms with E-state index >= 15 is 0 Å². The molecule has 0 bridgehead atoms. The van der Waals surface area contributed by atoms with Crippen molar-refractivity contribution in [1.82, 2.24) is 0 Å². The maximum Gasteiger partial charge on any atom is 0.105 e. The van der Waals surface area contributed by atoms with Crippen LogP contribution in [0.3, 0.4) is 0 Å². The number of thiophene rings is 1. The number of aliphatic hydroxyl groups excluding tert-OH is 1. The lowest BCUT2D eigenvalue weighted by Crippen LogP contribution is -2.00. The summed E-state index contributed by atoms with van der Waals surface area (Å²) in [6.45, 7) is 0. The Morgan fingerprint density at radius 3 is 2.87 bits per heavy atom. The summed E-state index contributed by atoms with van der Waals surface area (Å²) in [6, 6.07) is 10.2. The van der Waals surface area contributed by atoms with Gasteiger partial charge in [0.05, 0.1) is 0 Å². The zero-order chi connectivity index (χ0) is 10.3. The number of rotatable bonds is 0. The molecule has 0 aliphatic heterocycles. The Balaban J connectivity index is 2.18. The first-order chi connectivity index (χ1) is 7.36. The summed E-state index contributed by atoms with van der Waals surface area (Å²) in [5.74, 6) is 0. The molecule has 2 aromatic rings. The van der Waals surface area contributed by atoms with Crippen LogP contribution in [-0.4, -0.2) is 5.11 Å². The molecule has 0 fully saturated rings. The first kappa shape index (κ1) is 9.13. The molecule has 3 rings (SSSR count). The van der Waals surface area contributed by atoms with E-state index in [1.165, 1.54) is 10.4 Å². The molecule has 1 aromatic heterocycles. The van der Waals surface area contributed by atoms with Crippen LogP contribution in [0.4, 0.5) is 0 Å². The van der Waals surface area contributed by atoms with E-state index in [9.17, 15) is 5.11 Å². The molecule has 0 radical (unpaired) electrons. The van der Waals surface area contributed by atoms with Crippen molar-refractivity contribution in [3.8, 4) is 0 Å². The fraction of sp³-hybridized carbons (Fsp3) is 0.231. The van der Waals surface area contributed by atoms with Crippen LogP contribution in [0.15, 0.2) is 35.7 Å². The molecular weight excluding hydrogens is 204 g/mol. The monoisotopic (exact) mass is 216 g/mol. The van der Waals surface area contributed by atoms with Crippen molar-refractivity contribution >= 4 is 11.3 Å². The Kier molecular flexibility index (Phi) is 2.11. The highest BCUT2D eigenvalue weighted by atomic mass is 32.1. The first-order valence-corrected chi connectivity index (χ1v) is 6.06. The summed E-state index contributed by atoms with van der Waals surface area (Å²) in [6.07, 6.45) is 1.67. The smallest absolute Gasteiger partial charge is 0.105 e. The van der Waals surface area contributed by atoms with E-state index in [1.807, 2.05) is 24.3 Å². The highest BCUT2D eigenvalue weighted by molar-refractivity contribution is 7.10. The summed E-state index contributed by atoms with van der Waals surface area (Å²) in [5.41, 5.74) is 3.47. The van der Waals surface area contributed by atoms with Crippen LogP contribution in [0.25, 0.3) is 0 Å². The second kappa shape index (κ2) is 3.47. The van der Waals surface area contributed by atoms with E-state index in [2.05, 4.69) is 11.4 Å². The van der Waals surface area contributed by atoms with Crippen molar-refractivity contribution in [2.75, 3.05) is 0 Å². The second-order valence-electron chi connectivity index (χ2n) is 3.90. The van der Waals surface area contributed by atoms with Gasteiger partial charge in [0.25, 0.3) is 0 Å². The van der Waals surface area contributed by atoms with Gasteiger partial charge in [-0.05, 0) is 41.0 Å². The summed E-state index contributed by atoms with van der Waals surface area (Å²) < 4.78 is 0. The normalized spacial score (nSPS) is 19.1. The molecule has 0 spiro atoms. The van der Waals surface area contributed by atoms with Crippen molar-refractivity contribution in [1.29, 1.82) is 0 Å². The highest BCUT2D eigenvalue weighted by Crippen LogP contribution is 2.34. The molecule has 0 saturated heterocycles. The Morgan fingerprint density at radius 2 is 1.93 bits per heavy atom. The van der Waals surface area contributed by atoms with Gasteiger partial charge in [-0.25, -0.2) is 0 Å². The van der Waals surface area contributed by atoms with Gasteiger partial charge in [-0.2, -0.15) is 0 Å². The third-order valence-electron chi connectivity index (χ3n) is 3.05. The third kappa shape index (κ3) is 1.41. The van der Waals surface area contributed by atoms with Gasteiger partial charge in [-0.3, -0.25) is 0 Å². The van der Waals surface area contributed by atoms with Crippen molar-refractivity contribution in [3.63, 3.8) is 0 Å². The lowest BCUT2D eigenvalue weighted by atomic mass is 9.99. The SMILES string of the molecule is O[C@@H]1c2ccccc2CCc2sccc21. The Hall–Kier alpha value is -1.12. The summed E-state index contributed by atoms with van der Waals surface area (Å²) >= 11 is 1.75. The fourth-order valence-corrected chi connectivity index (χ4v) is 3.16. The van der Waals surface area contributed by atoms with Gasteiger partial charge in [0, 0.05) is 4.88 Å². The average Bonchev–Trinajstić information content (AvgIpc) is 2.69. The van der Waals surface area contributed by atoms with Gasteiger partial charge >= 0.3 is 0 Å². The van der Waals surface area contributed by atoms with Crippen LogP contribution in [0.1, 0.15) is 27.7 Å². The average molecular weight is 216 g/mol. The highest BCUT2D eigenvalue weighted by Gasteiger charge is 2.21. The molecule has 0 saturated carbocycles. The van der Waals surface area contributed by atoms with Crippen LogP contribution < -0.4 is 0 Å². The molecule has 1 nitrogen and oxygen atoms in total. The molecule has 2 heteroatoms. The molecule has 1 aliphatic carbocycles. The zero-order valence-electron chi connectivity index (χ0n) is 8.31. The second-order valence-corrected chi connectivity index (χ2v) is 4.90. The Morgan fingerprint density at radius 1 is 1.07 bits per heavy atom. The van der Waals surface area contributed by atoms with Crippen molar-refractivity contribution in [2.45, 2.75) is 18.9 Å². The van der Waals surface area contributed by atoms with E-state index in [0.717, 1.165) is 24.0 Å². The summed E-state index contributed by atoms with van der Waals surface area (Å²) in [5, 5.41) is 12.4. The van der Waals surface area contributed by atoms with Gasteiger partial charge in [-0.15, -0.1) is 11.3 Å². The molecule has 1 atom stereocenters. The first-order valence-electron chi connectivity index (χ1n) is 5.18. The van der Waals surface area contributed by atoms with Gasteiger partial charge < -0.3 is 5.11 Å². The van der Waals surface area contributed by atoms with Crippen LogP contribution in [0, 0.1) is 0 Å². The van der Waals surface area contributed by atoms with Crippen LogP contribution in [0.2, 0.25) is 0 Å². The molecule has 15 heavy (non-hydrogen) atoms. The van der Waals surface area contributed by atoms with E-state index < -0.39 is 6.10 Å². The largest absolute Gasteiger partial charge is 0.384 e. The minimum absolute atomic E-state index is 0.426. The molecule has 0 amide bonds. The Labute approximate surface area is 93.0 Å². The lowest BCUT2D eigenvalue weighted by Gasteiger charge is -2.11. The maximum absolute atomic E-state index is 10.3. The third-order valence-corrected chi connectivity index (χ3v) is 4.04. The van der Waals surface area contributed by atoms with E-state index in [-0.39, 0.29) is 0 Å². The molecule has 1 heterocycles. The van der Waals surface area contributed by atoms with Gasteiger partial charge in [0.2, 0.25) is 0 Å². The summed E-state index contributed by atoms with van der Waals surface area (Å²) in [4.78, 5) is 1.33. The van der Waals surface area contributed by atoms with Crippen LogP contribution in [-0.2, 0) is 12.8 Å². The minimum Gasteiger partial charge on any atom is -0.384 e. The van der Waals surface area contributed by atoms with Gasteiger partial charge in [-0.1, -0.05) is 24.3 Å². The number of fused-ring (bicyclic) bond motifs is 2. The predicted octanol–water partition coefficient (Wildman–Crippen LogP) is 2.93. The number of aliphatic hydroxyl groups is 1. The zero-order valence-corrected chi connectivity index (χ0v) is 9.13. The molecule has 1 N–H and O–H groups in total. The van der Waals surface area contributed by atoms with E-state index in [1.54, 1.807) is 11.3 Å². The number of benzene rings is 1. The number of hydrogen-bond donors (Lipinski definition) is 1. The lowest BCUT2D eigenvalue weighted by molar-refractivity contribution is 0.220. The minimum atomic E-state index is -0.426. The van der Waals surface area contributed by atoms with E-state index in [4.69, 9.17) is 0 Å². The Bertz CT molecular complexity index is 487. The predicted molar refractivity (Wildman–Crippen MR) is 62.2 cm³/mol. The number of hydrogen-bond acceptors (Lipinski definition) is 2. The van der Waals surface area contributed by atoms with Crippen LogP contribution >= 0.6 is 11.3 Å². The molecule has 0 unspecified atom stereocenters. The standard InChI is InChI=1S/C13H12OS/c14-13-10-4-2-1-3-9(10)5-6-12-11(13)7-8-15-12/h1-4,7-8,13-14H,5-6H2/t13-/m1/s1. The summed E-state index contributed by atoms with van der Waals surface area (Å²) in [7, 11) is 0. The maximum atomic E-state index is 10.3. The van der Waals surface area contributed by atoms with E-state index in [0.29, 0.717) is 0 Å². The van der Waals surface area contributed by atoms with Crippen molar-refractivity contribution < 1.29 is 5.11 Å². The quantitative estimate of drug-likeness (QED) is 0.718. The van der Waals surface area contributed by atoms with Gasteiger partial charge in [0.15, 0.2) is 0 Å². The molecular formula is C13H12OS. The van der Waals surface area contributed by atoms with Gasteiger partial charge in [0.1, 0.15) is 6.10 Å². The van der Waals surface area contributed by atoms with Crippen molar-refractivity contribution in [3.05, 3.63) is 57.3 Å². The topological polar surface area (TPSA) is 20.2 Å². The van der Waals surface area contributed by atoms with Crippen molar-refractivity contribution in [2.24, 2.45) is 0 Å². The fourth-order valence-electron chi connectivity index (χ4n) is 2.24. The molecule has 1 aromatic carbocycles. The molecule has 76 valence electrons. The number of aryl methyl sites for hydroxylation is 2.